The fourth-order valence-corrected chi connectivity index (χ4v) is 6.85. The molecular formula is C24H24N6O2S2. The van der Waals surface area contributed by atoms with Gasteiger partial charge < -0.3 is 16.0 Å². The number of nitrogens with zero attached hydrogens (tertiary/aromatic N) is 3. The third-order valence-electron chi connectivity index (χ3n) is 6.46. The molecule has 6 rings (SSSR count). The largest absolute Gasteiger partial charge is 0.365 e. The molecule has 1 atom stereocenters. The number of para-hydroxylation sites is 1. The Labute approximate surface area is 204 Å². The van der Waals surface area contributed by atoms with Crippen LogP contribution in [0.15, 0.2) is 35.6 Å². The standard InChI is InChI=1S/C24H24N6O2S2/c1-12(22(32)27-23-19(20(25)31)15-6-4-8-18(15)34-23)33-24-29-28-21(30(24)13-9-10-13)16-11-26-17-7-3-2-5-14(16)17/h2-3,5,7,11-13,26H,4,6,8-10H2,1H3,(H2,25,31)(H,27,32)/t12-/m1/s1. The molecule has 4 aromatic rings. The van der Waals surface area contributed by atoms with Crippen molar-refractivity contribution in [3.63, 3.8) is 0 Å². The van der Waals surface area contributed by atoms with Gasteiger partial charge in [0.05, 0.1) is 10.8 Å². The van der Waals surface area contributed by atoms with Crippen LogP contribution in [-0.2, 0) is 17.6 Å². The molecule has 3 aromatic heterocycles. The van der Waals surface area contributed by atoms with E-state index in [1.54, 1.807) is 0 Å². The number of aryl methyl sites for hydroxylation is 1. The van der Waals surface area contributed by atoms with E-state index in [0.29, 0.717) is 16.6 Å². The van der Waals surface area contributed by atoms with Crippen LogP contribution in [0.5, 0.6) is 0 Å². The fraction of sp³-hybridized carbons (Fsp3) is 0.333. The van der Waals surface area contributed by atoms with E-state index in [-0.39, 0.29) is 5.91 Å². The highest BCUT2D eigenvalue weighted by molar-refractivity contribution is 8.00. The molecule has 0 radical (unpaired) electrons. The first-order valence-electron chi connectivity index (χ1n) is 11.4. The molecule has 1 fully saturated rings. The summed E-state index contributed by atoms with van der Waals surface area (Å²) >= 11 is 2.86. The number of hydrogen-bond acceptors (Lipinski definition) is 6. The lowest BCUT2D eigenvalue weighted by atomic mass is 10.1. The highest BCUT2D eigenvalue weighted by atomic mass is 32.2. The maximum absolute atomic E-state index is 13.1. The van der Waals surface area contributed by atoms with Crippen molar-refractivity contribution in [3.05, 3.63) is 46.5 Å². The Kier molecular flexibility index (Phi) is 5.22. The van der Waals surface area contributed by atoms with E-state index in [2.05, 4.69) is 31.1 Å². The molecule has 0 spiro atoms. The number of H-pyrrole nitrogens is 1. The van der Waals surface area contributed by atoms with Crippen molar-refractivity contribution in [1.82, 2.24) is 19.7 Å². The van der Waals surface area contributed by atoms with Crippen molar-refractivity contribution in [3.8, 4) is 11.4 Å². The topological polar surface area (TPSA) is 119 Å². The van der Waals surface area contributed by atoms with Crippen LogP contribution in [0.1, 0.15) is 53.0 Å². The van der Waals surface area contributed by atoms with Crippen LogP contribution < -0.4 is 11.1 Å². The molecule has 3 heterocycles. The normalized spacial score (nSPS) is 16.0. The first kappa shape index (κ1) is 21.4. The van der Waals surface area contributed by atoms with Crippen LogP contribution in [-0.4, -0.2) is 36.8 Å². The Morgan fingerprint density at radius 3 is 2.88 bits per heavy atom. The van der Waals surface area contributed by atoms with E-state index in [1.807, 2.05) is 31.3 Å². The number of nitrogens with two attached hydrogens (primary N) is 1. The van der Waals surface area contributed by atoms with Gasteiger partial charge in [-0.15, -0.1) is 21.5 Å². The molecule has 2 amide bonds. The minimum absolute atomic E-state index is 0.175. The summed E-state index contributed by atoms with van der Waals surface area (Å²) in [7, 11) is 0. The summed E-state index contributed by atoms with van der Waals surface area (Å²) in [5.74, 6) is 0.166. The van der Waals surface area contributed by atoms with Gasteiger partial charge in [0, 0.05) is 33.6 Å². The van der Waals surface area contributed by atoms with Crippen molar-refractivity contribution in [2.24, 2.45) is 5.73 Å². The summed E-state index contributed by atoms with van der Waals surface area (Å²) in [5.41, 5.74) is 9.19. The molecule has 0 saturated heterocycles. The summed E-state index contributed by atoms with van der Waals surface area (Å²) < 4.78 is 2.17. The average molecular weight is 493 g/mol. The lowest BCUT2D eigenvalue weighted by molar-refractivity contribution is -0.115. The predicted molar refractivity (Wildman–Crippen MR) is 134 cm³/mol. The van der Waals surface area contributed by atoms with Crippen LogP contribution in [0.4, 0.5) is 5.00 Å². The number of carbonyl (C=O) groups is 2. The van der Waals surface area contributed by atoms with E-state index >= 15 is 0 Å². The number of benzene rings is 1. The van der Waals surface area contributed by atoms with Gasteiger partial charge in [0.1, 0.15) is 5.00 Å². The van der Waals surface area contributed by atoms with Crippen LogP contribution in [0.25, 0.3) is 22.3 Å². The van der Waals surface area contributed by atoms with Crippen molar-refractivity contribution in [2.75, 3.05) is 5.32 Å². The summed E-state index contributed by atoms with van der Waals surface area (Å²) in [6.45, 7) is 1.85. The maximum Gasteiger partial charge on any atom is 0.251 e. The number of aromatic amines is 1. The quantitative estimate of drug-likeness (QED) is 0.328. The number of anilines is 1. The number of fused-ring (bicyclic) bond motifs is 2. The van der Waals surface area contributed by atoms with Gasteiger partial charge >= 0.3 is 0 Å². The Morgan fingerprint density at radius 1 is 1.26 bits per heavy atom. The van der Waals surface area contributed by atoms with Crippen LogP contribution in [0, 0.1) is 0 Å². The smallest absolute Gasteiger partial charge is 0.251 e. The second kappa shape index (κ2) is 8.28. The highest BCUT2D eigenvalue weighted by Crippen LogP contribution is 2.43. The zero-order valence-corrected chi connectivity index (χ0v) is 20.3. The summed E-state index contributed by atoms with van der Waals surface area (Å²) in [6, 6.07) is 8.48. The van der Waals surface area contributed by atoms with Gasteiger partial charge in [-0.3, -0.25) is 14.2 Å². The van der Waals surface area contributed by atoms with E-state index in [9.17, 15) is 9.59 Å². The predicted octanol–water partition coefficient (Wildman–Crippen LogP) is 4.53. The first-order valence-corrected chi connectivity index (χ1v) is 13.1. The SMILES string of the molecule is C[C@@H](Sc1nnc(-c2c[nH]c3ccccc23)n1C1CC1)C(=O)Nc1sc2c(c1C(N)=O)CCC2. The zero-order valence-electron chi connectivity index (χ0n) is 18.6. The number of hydrogen-bond donors (Lipinski definition) is 3. The molecule has 2 aliphatic carbocycles. The Hall–Kier alpha value is -3.11. The van der Waals surface area contributed by atoms with Gasteiger partial charge in [-0.1, -0.05) is 30.0 Å². The van der Waals surface area contributed by atoms with Gasteiger partial charge in [0.15, 0.2) is 11.0 Å². The molecule has 4 N–H and O–H groups in total. The Morgan fingerprint density at radius 2 is 2.09 bits per heavy atom. The number of amides is 2. The molecule has 0 unspecified atom stereocenters. The number of rotatable bonds is 7. The second-order valence-corrected chi connectivity index (χ2v) is 11.2. The third kappa shape index (κ3) is 3.61. The number of nitrogens with one attached hydrogen (secondary N) is 2. The van der Waals surface area contributed by atoms with Crippen molar-refractivity contribution in [1.29, 1.82) is 0 Å². The third-order valence-corrected chi connectivity index (χ3v) is 8.73. The molecular weight excluding hydrogens is 468 g/mol. The second-order valence-electron chi connectivity index (χ2n) is 8.83. The Bertz CT molecular complexity index is 1430. The van der Waals surface area contributed by atoms with Gasteiger partial charge in [-0.25, -0.2) is 0 Å². The monoisotopic (exact) mass is 492 g/mol. The van der Waals surface area contributed by atoms with E-state index in [4.69, 9.17) is 5.73 Å². The summed E-state index contributed by atoms with van der Waals surface area (Å²) in [4.78, 5) is 29.6. The molecule has 1 saturated carbocycles. The van der Waals surface area contributed by atoms with Gasteiger partial charge in [0.25, 0.3) is 5.91 Å². The maximum atomic E-state index is 13.1. The molecule has 34 heavy (non-hydrogen) atoms. The van der Waals surface area contributed by atoms with Crippen molar-refractivity contribution < 1.29 is 9.59 Å². The van der Waals surface area contributed by atoms with Crippen LogP contribution in [0.2, 0.25) is 0 Å². The van der Waals surface area contributed by atoms with Crippen molar-refractivity contribution >= 4 is 50.8 Å². The number of thioether (sulfide) groups is 1. The van der Waals surface area contributed by atoms with Crippen LogP contribution in [0.3, 0.4) is 0 Å². The molecule has 8 nitrogen and oxygen atoms in total. The highest BCUT2D eigenvalue weighted by Gasteiger charge is 2.33. The number of thiophene rings is 1. The van der Waals surface area contributed by atoms with E-state index in [0.717, 1.165) is 70.0 Å². The minimum Gasteiger partial charge on any atom is -0.365 e. The lowest BCUT2D eigenvalue weighted by Crippen LogP contribution is -2.24. The number of primary amides is 1. The molecule has 0 aliphatic heterocycles. The van der Waals surface area contributed by atoms with Gasteiger partial charge in [-0.05, 0) is 50.7 Å². The summed E-state index contributed by atoms with van der Waals surface area (Å²) in [6.07, 6.45) is 6.92. The van der Waals surface area contributed by atoms with E-state index < -0.39 is 11.2 Å². The molecule has 0 bridgehead atoms. The first-order chi connectivity index (χ1) is 16.5. The van der Waals surface area contributed by atoms with Gasteiger partial charge in [-0.2, -0.15) is 0 Å². The van der Waals surface area contributed by atoms with Crippen molar-refractivity contribution in [2.45, 2.75) is 55.5 Å². The van der Waals surface area contributed by atoms with E-state index in [1.165, 1.54) is 23.1 Å². The average Bonchev–Trinajstić information content (AvgIpc) is 3.15. The molecule has 1 aromatic carbocycles. The zero-order chi connectivity index (χ0) is 23.4. The molecule has 10 heteroatoms. The summed E-state index contributed by atoms with van der Waals surface area (Å²) in [5, 5.41) is 13.9. The number of carbonyl (C=O) groups excluding carboxylic acids is 2. The number of aromatic nitrogens is 4. The Balaban J connectivity index is 1.26. The fourth-order valence-electron chi connectivity index (χ4n) is 4.64. The molecule has 2 aliphatic rings. The minimum atomic E-state index is -0.480. The lowest BCUT2D eigenvalue weighted by Gasteiger charge is -2.13. The van der Waals surface area contributed by atoms with Gasteiger partial charge in [0.2, 0.25) is 5.91 Å². The van der Waals surface area contributed by atoms with Crippen LogP contribution >= 0.6 is 23.1 Å². The molecule has 174 valence electrons.